The van der Waals surface area contributed by atoms with Gasteiger partial charge in [0.15, 0.2) is 0 Å². The number of piperazine rings is 1. The third-order valence-electron chi connectivity index (χ3n) is 7.10. The van der Waals surface area contributed by atoms with Crippen molar-refractivity contribution in [2.45, 2.75) is 12.2 Å². The number of carbonyl (C=O) groups excluding carboxylic acids is 1. The van der Waals surface area contributed by atoms with Gasteiger partial charge in [-0.2, -0.15) is 18.4 Å². The van der Waals surface area contributed by atoms with E-state index in [0.717, 1.165) is 23.4 Å². The number of nitriles is 1. The Hall–Kier alpha value is -4.61. The van der Waals surface area contributed by atoms with Crippen LogP contribution in [0.15, 0.2) is 103 Å². The second-order valence-corrected chi connectivity index (χ2v) is 9.56. The predicted molar refractivity (Wildman–Crippen MR) is 150 cm³/mol. The Bertz CT molecular complexity index is 1510. The Morgan fingerprint density at radius 1 is 0.800 bits per heavy atom. The molecule has 1 fully saturated rings. The summed E-state index contributed by atoms with van der Waals surface area (Å²) in [5.74, 6) is -0.352. The maximum absolute atomic E-state index is 13.5. The number of rotatable bonds is 6. The average Bonchev–Trinajstić information content (AvgIpc) is 2.98. The molecular weight excluding hydrogens is 513 g/mol. The smallest absolute Gasteiger partial charge is 0.367 e. The highest BCUT2D eigenvalue weighted by molar-refractivity contribution is 6.10. The van der Waals surface area contributed by atoms with Crippen molar-refractivity contribution in [2.75, 3.05) is 36.4 Å². The highest BCUT2D eigenvalue weighted by atomic mass is 19.4. The lowest BCUT2D eigenvalue weighted by Gasteiger charge is -2.38. The van der Waals surface area contributed by atoms with Crippen LogP contribution in [0.1, 0.15) is 27.5 Å². The van der Waals surface area contributed by atoms with E-state index in [9.17, 15) is 23.2 Å². The van der Waals surface area contributed by atoms with E-state index in [1.54, 1.807) is 24.3 Å². The van der Waals surface area contributed by atoms with Crippen molar-refractivity contribution in [3.8, 4) is 17.2 Å². The SMILES string of the molecule is N#CC(c1ccccc1)N1CCN(c2ccccc2NC(=O)c2ccccc2-c2ccc(C(F)(F)F)cc2)CC1. The van der Waals surface area contributed by atoms with Crippen LogP contribution in [0.3, 0.4) is 0 Å². The normalized spacial score (nSPS) is 14.8. The lowest BCUT2D eigenvalue weighted by molar-refractivity contribution is -0.137. The van der Waals surface area contributed by atoms with E-state index in [1.807, 2.05) is 54.6 Å². The molecule has 40 heavy (non-hydrogen) atoms. The fourth-order valence-corrected chi connectivity index (χ4v) is 5.04. The lowest BCUT2D eigenvalue weighted by Crippen LogP contribution is -2.47. The number of nitrogens with zero attached hydrogens (tertiary/aromatic N) is 3. The van der Waals surface area contributed by atoms with Crippen molar-refractivity contribution in [1.82, 2.24) is 4.90 Å². The molecule has 1 atom stereocenters. The number of amides is 1. The molecule has 4 aromatic carbocycles. The topological polar surface area (TPSA) is 59.4 Å². The fourth-order valence-electron chi connectivity index (χ4n) is 5.04. The third kappa shape index (κ3) is 5.85. The highest BCUT2D eigenvalue weighted by Gasteiger charge is 2.30. The van der Waals surface area contributed by atoms with Gasteiger partial charge in [-0.3, -0.25) is 9.69 Å². The largest absolute Gasteiger partial charge is 0.416 e. The number of hydrogen-bond acceptors (Lipinski definition) is 4. The molecule has 1 unspecified atom stereocenters. The summed E-state index contributed by atoms with van der Waals surface area (Å²) >= 11 is 0. The average molecular weight is 541 g/mol. The van der Waals surface area contributed by atoms with Crippen molar-refractivity contribution >= 4 is 17.3 Å². The molecule has 1 saturated heterocycles. The van der Waals surface area contributed by atoms with Gasteiger partial charge in [-0.15, -0.1) is 0 Å². The van der Waals surface area contributed by atoms with Crippen LogP contribution < -0.4 is 10.2 Å². The van der Waals surface area contributed by atoms with E-state index >= 15 is 0 Å². The first-order valence-corrected chi connectivity index (χ1v) is 13.0. The van der Waals surface area contributed by atoms with Gasteiger partial charge in [0, 0.05) is 31.7 Å². The maximum atomic E-state index is 13.5. The van der Waals surface area contributed by atoms with Crippen LogP contribution in [-0.2, 0) is 6.18 Å². The van der Waals surface area contributed by atoms with E-state index in [4.69, 9.17) is 0 Å². The molecule has 1 aliphatic heterocycles. The molecule has 1 amide bonds. The first-order valence-electron chi connectivity index (χ1n) is 13.0. The van der Waals surface area contributed by atoms with Gasteiger partial charge in [-0.05, 0) is 47.0 Å². The minimum atomic E-state index is -4.43. The van der Waals surface area contributed by atoms with Gasteiger partial charge < -0.3 is 10.2 Å². The zero-order valence-electron chi connectivity index (χ0n) is 21.6. The van der Waals surface area contributed by atoms with Crippen molar-refractivity contribution in [3.05, 3.63) is 120 Å². The Balaban J connectivity index is 1.32. The molecular formula is C32H27F3N4O. The van der Waals surface area contributed by atoms with Crippen molar-refractivity contribution in [1.29, 1.82) is 5.26 Å². The highest BCUT2D eigenvalue weighted by Crippen LogP contribution is 2.33. The first-order chi connectivity index (χ1) is 19.3. The Labute approximate surface area is 231 Å². The Morgan fingerprint density at radius 3 is 2.10 bits per heavy atom. The van der Waals surface area contributed by atoms with Gasteiger partial charge in [-0.1, -0.05) is 72.8 Å². The number of hydrogen-bond donors (Lipinski definition) is 1. The summed E-state index contributed by atoms with van der Waals surface area (Å²) in [6.45, 7) is 2.73. The van der Waals surface area contributed by atoms with E-state index in [0.29, 0.717) is 48.6 Å². The number of anilines is 2. The number of carbonyl (C=O) groups is 1. The molecule has 0 aromatic heterocycles. The molecule has 0 aliphatic carbocycles. The van der Waals surface area contributed by atoms with Crippen LogP contribution in [0.2, 0.25) is 0 Å². The summed E-state index contributed by atoms with van der Waals surface area (Å²) < 4.78 is 39.1. The number of benzene rings is 4. The van der Waals surface area contributed by atoms with Crippen LogP contribution in [0.4, 0.5) is 24.5 Å². The van der Waals surface area contributed by atoms with Crippen molar-refractivity contribution in [2.24, 2.45) is 0 Å². The minimum Gasteiger partial charge on any atom is -0.367 e. The van der Waals surface area contributed by atoms with Crippen LogP contribution in [0.25, 0.3) is 11.1 Å². The summed E-state index contributed by atoms with van der Waals surface area (Å²) in [4.78, 5) is 17.8. The molecule has 0 radical (unpaired) electrons. The molecule has 0 saturated carbocycles. The van der Waals surface area contributed by atoms with Gasteiger partial charge in [0.2, 0.25) is 0 Å². The molecule has 1 aliphatic rings. The summed E-state index contributed by atoms with van der Waals surface area (Å²) in [5, 5.41) is 12.8. The van der Waals surface area contributed by atoms with Crippen LogP contribution >= 0.6 is 0 Å². The van der Waals surface area contributed by atoms with E-state index in [-0.39, 0.29) is 11.9 Å². The van der Waals surface area contributed by atoms with Gasteiger partial charge in [0.1, 0.15) is 6.04 Å². The molecule has 1 heterocycles. The minimum absolute atomic E-state index is 0.319. The molecule has 0 bridgehead atoms. The quantitative estimate of drug-likeness (QED) is 0.286. The van der Waals surface area contributed by atoms with Crippen LogP contribution in [0.5, 0.6) is 0 Å². The van der Waals surface area contributed by atoms with Gasteiger partial charge in [0.05, 0.1) is 23.0 Å². The summed E-state index contributed by atoms with van der Waals surface area (Å²) in [6.07, 6.45) is -4.43. The second kappa shape index (κ2) is 11.6. The van der Waals surface area contributed by atoms with Crippen molar-refractivity contribution in [3.63, 3.8) is 0 Å². The number of halogens is 3. The van der Waals surface area contributed by atoms with Gasteiger partial charge >= 0.3 is 6.18 Å². The zero-order valence-corrected chi connectivity index (χ0v) is 21.6. The molecule has 1 N–H and O–H groups in total. The Morgan fingerprint density at radius 2 is 1.43 bits per heavy atom. The zero-order chi connectivity index (χ0) is 28.1. The van der Waals surface area contributed by atoms with Crippen molar-refractivity contribution < 1.29 is 18.0 Å². The number of nitrogens with one attached hydrogen (secondary N) is 1. The molecule has 5 rings (SSSR count). The monoisotopic (exact) mass is 540 g/mol. The number of para-hydroxylation sites is 2. The summed E-state index contributed by atoms with van der Waals surface area (Å²) in [7, 11) is 0. The van der Waals surface area contributed by atoms with E-state index < -0.39 is 11.7 Å². The van der Waals surface area contributed by atoms with E-state index in [1.165, 1.54) is 12.1 Å². The Kier molecular flexibility index (Phi) is 7.85. The lowest BCUT2D eigenvalue weighted by atomic mass is 9.98. The predicted octanol–water partition coefficient (Wildman–Crippen LogP) is 7.01. The molecule has 4 aromatic rings. The molecule has 8 heteroatoms. The van der Waals surface area contributed by atoms with Gasteiger partial charge in [-0.25, -0.2) is 0 Å². The summed E-state index contributed by atoms with van der Waals surface area (Å²) in [5.41, 5.74) is 3.17. The standard InChI is InChI=1S/C32H27F3N4O/c33-32(34,35)25-16-14-23(15-17-25)26-10-4-5-11-27(26)31(40)37-28-12-6-7-13-29(28)38-18-20-39(21-19-38)30(22-36)24-8-2-1-3-9-24/h1-17,30H,18-21H2,(H,37,40). The molecule has 202 valence electrons. The van der Waals surface area contributed by atoms with E-state index in [2.05, 4.69) is 21.2 Å². The number of alkyl halides is 3. The first kappa shape index (κ1) is 27.0. The second-order valence-electron chi connectivity index (χ2n) is 9.56. The maximum Gasteiger partial charge on any atom is 0.416 e. The molecule has 0 spiro atoms. The van der Waals surface area contributed by atoms with Crippen LogP contribution in [-0.4, -0.2) is 37.0 Å². The summed E-state index contributed by atoms with van der Waals surface area (Å²) in [6, 6.07) is 31.1. The van der Waals surface area contributed by atoms with Crippen LogP contribution in [0, 0.1) is 11.3 Å². The molecule has 5 nitrogen and oxygen atoms in total. The fraction of sp³-hybridized carbons (Fsp3) is 0.188. The van der Waals surface area contributed by atoms with Gasteiger partial charge in [0.25, 0.3) is 5.91 Å². The third-order valence-corrected chi connectivity index (χ3v) is 7.10.